The molecule has 0 bridgehead atoms. The summed E-state index contributed by atoms with van der Waals surface area (Å²) in [6.45, 7) is 11.2. The quantitative estimate of drug-likeness (QED) is 0.165. The molecule has 3 heterocycles. The number of ether oxygens (including phenoxy) is 1. The number of nitrogens with zero attached hydrogens (tertiary/aromatic N) is 2. The van der Waals surface area contributed by atoms with Crippen molar-refractivity contribution >= 4 is 0 Å². The van der Waals surface area contributed by atoms with Gasteiger partial charge in [-0.2, -0.15) is 0 Å². The third-order valence-electron chi connectivity index (χ3n) is 8.58. The first-order chi connectivity index (χ1) is 21.0. The zero-order valence-corrected chi connectivity index (χ0v) is 28.6. The molecule has 3 aromatic carbocycles. The molecule has 1 aliphatic heterocycles. The molecule has 1 radical (unpaired) electrons. The van der Waals surface area contributed by atoms with Crippen molar-refractivity contribution in [1.82, 2.24) is 9.97 Å². The second-order valence-corrected chi connectivity index (χ2v) is 13.3. The molecule has 0 atom stereocenters. The monoisotopic (exact) mass is 758 g/mol. The Labute approximate surface area is 277 Å². The Bertz CT molecular complexity index is 1750. The van der Waals surface area contributed by atoms with Gasteiger partial charge < -0.3 is 14.7 Å². The fourth-order valence-corrected chi connectivity index (χ4v) is 5.75. The molecule has 1 saturated carbocycles. The first kappa shape index (κ1) is 30.4. The van der Waals surface area contributed by atoms with E-state index in [0.717, 1.165) is 76.4 Å². The van der Waals surface area contributed by atoms with E-state index in [-0.39, 0.29) is 25.5 Å². The van der Waals surface area contributed by atoms with Gasteiger partial charge in [0.15, 0.2) is 0 Å². The standard InChI is InChI=1S/C25H24NO.C15H16N.Ir/c1-25(2)13-11-17(12-14-25)18-9-10-19-20-7-5-15-26-24(20)21-6-3-4-8-22(21)27-23(19)16-18;1-15(2,3)13-9-10-14(16-11-13)12-7-5-4-6-8-12;/h3-5,7-10,15-17H,11-14H2,1-2H3;4-7,9-11H,1-3H3;/q2*-1;/i17D;;. The molecule has 44 heavy (non-hydrogen) atoms. The van der Waals surface area contributed by atoms with Crippen LogP contribution in [0.3, 0.4) is 0 Å². The molecule has 2 aliphatic rings. The molecule has 227 valence electrons. The van der Waals surface area contributed by atoms with Gasteiger partial charge in [0.2, 0.25) is 0 Å². The molecule has 1 fully saturated rings. The average molecular weight is 758 g/mol. The molecule has 0 saturated heterocycles. The van der Waals surface area contributed by atoms with Gasteiger partial charge in [-0.3, -0.25) is 0 Å². The van der Waals surface area contributed by atoms with Gasteiger partial charge in [0.25, 0.3) is 0 Å². The van der Waals surface area contributed by atoms with Crippen molar-refractivity contribution in [3.05, 3.63) is 121 Å². The van der Waals surface area contributed by atoms with Crippen molar-refractivity contribution in [2.75, 3.05) is 0 Å². The smallest absolute Gasteiger partial charge is 0.121 e. The van der Waals surface area contributed by atoms with Crippen LogP contribution in [-0.2, 0) is 25.5 Å². The summed E-state index contributed by atoms with van der Waals surface area (Å²) in [5, 5.41) is 0. The normalized spacial score (nSPS) is 16.2. The van der Waals surface area contributed by atoms with E-state index in [1.165, 1.54) is 5.56 Å². The van der Waals surface area contributed by atoms with Crippen LogP contribution in [0.1, 0.15) is 78.7 Å². The molecular weight excluding hydrogens is 717 g/mol. The molecule has 4 heteroatoms. The van der Waals surface area contributed by atoms with E-state index in [1.807, 2.05) is 60.9 Å². The van der Waals surface area contributed by atoms with E-state index in [0.29, 0.717) is 5.41 Å². The van der Waals surface area contributed by atoms with Gasteiger partial charge in [-0.15, -0.1) is 60.2 Å². The maximum absolute atomic E-state index is 9.13. The molecule has 0 spiro atoms. The summed E-state index contributed by atoms with van der Waals surface area (Å²) in [5.74, 6) is 1.03. The predicted octanol–water partition coefficient (Wildman–Crippen LogP) is 10.8. The minimum atomic E-state index is -0.538. The zero-order valence-electron chi connectivity index (χ0n) is 27.2. The van der Waals surface area contributed by atoms with Gasteiger partial charge in [0, 0.05) is 45.2 Å². The summed E-state index contributed by atoms with van der Waals surface area (Å²) in [6.07, 6.45) is 7.71. The second-order valence-electron chi connectivity index (χ2n) is 13.3. The minimum absolute atomic E-state index is 0. The minimum Gasteiger partial charge on any atom is -0.501 e. The van der Waals surface area contributed by atoms with Gasteiger partial charge in [0.05, 0.1) is 0 Å². The first-order valence-electron chi connectivity index (χ1n) is 15.8. The maximum Gasteiger partial charge on any atom is 0.121 e. The average Bonchev–Trinajstić information content (AvgIpc) is 3.17. The van der Waals surface area contributed by atoms with Crippen LogP contribution in [0.15, 0.2) is 97.3 Å². The van der Waals surface area contributed by atoms with Crippen molar-refractivity contribution in [1.29, 1.82) is 0 Å². The van der Waals surface area contributed by atoms with E-state index in [2.05, 4.69) is 93.1 Å². The van der Waals surface area contributed by atoms with E-state index in [4.69, 9.17) is 6.11 Å². The first-order valence-corrected chi connectivity index (χ1v) is 15.3. The Morgan fingerprint density at radius 3 is 2.34 bits per heavy atom. The Morgan fingerprint density at radius 2 is 1.64 bits per heavy atom. The van der Waals surface area contributed by atoms with Crippen molar-refractivity contribution in [3.8, 4) is 45.1 Å². The van der Waals surface area contributed by atoms with Crippen molar-refractivity contribution < 1.29 is 26.2 Å². The molecule has 1 aliphatic carbocycles. The number of fused-ring (bicyclic) bond motifs is 5. The molecular formula is C40H40IrN2O-2. The molecule has 0 N–H and O–H groups in total. The Kier molecular flexibility index (Phi) is 9.12. The number of pyridine rings is 2. The van der Waals surface area contributed by atoms with Gasteiger partial charge in [-0.25, -0.2) is 0 Å². The van der Waals surface area contributed by atoms with Crippen molar-refractivity contribution in [2.24, 2.45) is 5.41 Å². The van der Waals surface area contributed by atoms with Crippen LogP contribution in [0.25, 0.3) is 33.6 Å². The van der Waals surface area contributed by atoms with Crippen LogP contribution >= 0.6 is 0 Å². The predicted molar refractivity (Wildman–Crippen MR) is 176 cm³/mol. The van der Waals surface area contributed by atoms with Crippen LogP contribution in [-0.4, -0.2) is 9.97 Å². The zero-order chi connectivity index (χ0) is 31.0. The summed E-state index contributed by atoms with van der Waals surface area (Å²) in [5.41, 5.74) is 8.68. The molecule has 2 aromatic heterocycles. The SMILES string of the molecule is CC(C)(C)c1ccc(-c2[c-]cccc2)nc1.[2H]C1(c2ccc3c(c2)Oc2ccc[c-]c2-c2ncccc2-3)CCC(C)(C)CC1.[Ir]. The summed E-state index contributed by atoms with van der Waals surface area (Å²) in [6, 6.07) is 34.7. The number of aromatic nitrogens is 2. The van der Waals surface area contributed by atoms with Gasteiger partial charge in [-0.05, 0) is 82.6 Å². The summed E-state index contributed by atoms with van der Waals surface area (Å²) in [4.78, 5) is 9.10. The number of hydrogen-bond donors (Lipinski definition) is 0. The molecule has 0 amide bonds. The largest absolute Gasteiger partial charge is 0.501 e. The molecule has 3 nitrogen and oxygen atoms in total. The number of benzene rings is 3. The molecule has 0 unspecified atom stereocenters. The van der Waals surface area contributed by atoms with Gasteiger partial charge >= 0.3 is 0 Å². The third kappa shape index (κ3) is 7.04. The number of rotatable bonds is 2. The fourth-order valence-electron chi connectivity index (χ4n) is 5.75. The summed E-state index contributed by atoms with van der Waals surface area (Å²) in [7, 11) is 0. The second kappa shape index (κ2) is 13.2. The van der Waals surface area contributed by atoms with Crippen molar-refractivity contribution in [3.63, 3.8) is 0 Å². The Hall–Kier alpha value is -3.59. The summed E-state index contributed by atoms with van der Waals surface area (Å²) >= 11 is 0. The van der Waals surface area contributed by atoms with Gasteiger partial charge in [-0.1, -0.05) is 70.5 Å². The van der Waals surface area contributed by atoms with Crippen LogP contribution in [0.4, 0.5) is 0 Å². The third-order valence-corrected chi connectivity index (χ3v) is 8.58. The summed E-state index contributed by atoms with van der Waals surface area (Å²) < 4.78 is 15.5. The van der Waals surface area contributed by atoms with Crippen LogP contribution in [0.2, 0.25) is 0 Å². The molecule has 7 rings (SSSR count). The fraction of sp³-hybridized carbons (Fsp3) is 0.300. The van der Waals surface area contributed by atoms with Crippen LogP contribution in [0.5, 0.6) is 11.5 Å². The Morgan fingerprint density at radius 1 is 0.841 bits per heavy atom. The number of hydrogen-bond acceptors (Lipinski definition) is 3. The van der Waals surface area contributed by atoms with E-state index in [9.17, 15) is 0 Å². The Balaban J connectivity index is 0.000000202. The maximum atomic E-state index is 9.13. The topological polar surface area (TPSA) is 35.0 Å². The van der Waals surface area contributed by atoms with Gasteiger partial charge in [0.1, 0.15) is 5.75 Å². The molecule has 5 aromatic rings. The van der Waals surface area contributed by atoms with Crippen molar-refractivity contribution in [2.45, 2.75) is 71.6 Å². The van der Waals surface area contributed by atoms with Crippen LogP contribution in [0, 0.1) is 17.5 Å². The van der Waals surface area contributed by atoms with E-state index in [1.54, 1.807) is 0 Å². The van der Waals surface area contributed by atoms with Crippen LogP contribution < -0.4 is 4.74 Å². The van der Waals surface area contributed by atoms with E-state index < -0.39 is 5.89 Å². The van der Waals surface area contributed by atoms with E-state index >= 15 is 0 Å².